The highest BCUT2D eigenvalue weighted by Crippen LogP contribution is 2.21. The zero-order valence-electron chi connectivity index (χ0n) is 18.4. The zero-order chi connectivity index (χ0) is 22.7. The minimum absolute atomic E-state index is 0.0151. The molecule has 0 radical (unpaired) electrons. The lowest BCUT2D eigenvalue weighted by Crippen LogP contribution is -2.41. The number of rotatable bonds is 6. The fraction of sp³-hybridized carbons (Fsp3) is 0.333. The molecule has 0 spiro atoms. The summed E-state index contributed by atoms with van der Waals surface area (Å²) in [6.07, 6.45) is 4.62. The number of nitrogens with zero attached hydrogens (tertiary/aromatic N) is 4. The van der Waals surface area contributed by atoms with Crippen molar-refractivity contribution in [1.82, 2.24) is 24.6 Å². The summed E-state index contributed by atoms with van der Waals surface area (Å²) in [4.78, 5) is 40.2. The van der Waals surface area contributed by atoms with E-state index < -0.39 is 0 Å². The van der Waals surface area contributed by atoms with E-state index in [0.29, 0.717) is 39.0 Å². The van der Waals surface area contributed by atoms with Crippen molar-refractivity contribution in [3.63, 3.8) is 0 Å². The van der Waals surface area contributed by atoms with E-state index in [0.717, 1.165) is 22.4 Å². The summed E-state index contributed by atoms with van der Waals surface area (Å²) in [5.41, 5.74) is 3.44. The Morgan fingerprint density at radius 2 is 1.94 bits per heavy atom. The van der Waals surface area contributed by atoms with Gasteiger partial charge in [0.1, 0.15) is 5.56 Å². The molecular formula is C24H27N5O3. The van der Waals surface area contributed by atoms with Crippen molar-refractivity contribution in [2.45, 2.75) is 32.9 Å². The summed E-state index contributed by atoms with van der Waals surface area (Å²) >= 11 is 0. The van der Waals surface area contributed by atoms with E-state index in [1.54, 1.807) is 26.5 Å². The predicted octanol–water partition coefficient (Wildman–Crippen LogP) is 1.51. The molecule has 0 saturated carbocycles. The first-order valence-corrected chi connectivity index (χ1v) is 10.7. The summed E-state index contributed by atoms with van der Waals surface area (Å²) < 4.78 is 3.34. The van der Waals surface area contributed by atoms with Gasteiger partial charge in [-0.15, -0.1) is 0 Å². The lowest BCUT2D eigenvalue weighted by Gasteiger charge is -2.29. The fourth-order valence-corrected chi connectivity index (χ4v) is 4.15. The summed E-state index contributed by atoms with van der Waals surface area (Å²) in [7, 11) is 1.85. The van der Waals surface area contributed by atoms with E-state index in [2.05, 4.69) is 10.4 Å². The smallest absolute Gasteiger partial charge is 0.264 e. The van der Waals surface area contributed by atoms with Gasteiger partial charge >= 0.3 is 0 Å². The lowest BCUT2D eigenvalue weighted by atomic mass is 9.95. The van der Waals surface area contributed by atoms with Gasteiger partial charge in [-0.1, -0.05) is 30.3 Å². The van der Waals surface area contributed by atoms with Crippen LogP contribution in [-0.2, 0) is 37.8 Å². The molecule has 166 valence electrons. The van der Waals surface area contributed by atoms with Gasteiger partial charge in [0.25, 0.3) is 11.5 Å². The Labute approximate surface area is 186 Å². The number of hydrogen-bond acceptors (Lipinski definition) is 4. The Hall–Kier alpha value is -3.68. The third-order valence-electron chi connectivity index (χ3n) is 5.93. The first-order valence-electron chi connectivity index (χ1n) is 10.7. The Bertz CT molecular complexity index is 1200. The molecule has 3 aromatic rings. The highest BCUT2D eigenvalue weighted by atomic mass is 16.2. The first-order chi connectivity index (χ1) is 15.4. The summed E-state index contributed by atoms with van der Waals surface area (Å²) in [5, 5.41) is 7.04. The number of benzene rings is 1. The standard InChI is InChI=1S/C24H27N5O3/c1-17(30)28-13-10-21-19(15-28)16-29(14-18-6-4-3-5-7-18)24(32)22(21)23(31)25-11-8-20-9-12-26-27(20)2/h3-7,9,12,16H,8,10-11,13-15H2,1-2H3,(H,25,31). The lowest BCUT2D eigenvalue weighted by molar-refractivity contribution is -0.129. The van der Waals surface area contributed by atoms with Crippen molar-refractivity contribution in [3.05, 3.63) is 87.1 Å². The third-order valence-corrected chi connectivity index (χ3v) is 5.93. The molecule has 3 heterocycles. The molecule has 0 fully saturated rings. The summed E-state index contributed by atoms with van der Waals surface area (Å²) in [6.45, 7) is 3.20. The van der Waals surface area contributed by atoms with Gasteiger partial charge < -0.3 is 14.8 Å². The minimum Gasteiger partial charge on any atom is -0.351 e. The quantitative estimate of drug-likeness (QED) is 0.638. The van der Waals surface area contributed by atoms with E-state index in [9.17, 15) is 14.4 Å². The van der Waals surface area contributed by atoms with Gasteiger partial charge in [-0.25, -0.2) is 0 Å². The third kappa shape index (κ3) is 4.49. The fourth-order valence-electron chi connectivity index (χ4n) is 4.15. The maximum absolute atomic E-state index is 13.4. The molecule has 1 aliphatic rings. The Morgan fingerprint density at radius 1 is 1.16 bits per heavy atom. The Morgan fingerprint density at radius 3 is 2.62 bits per heavy atom. The number of pyridine rings is 1. The molecular weight excluding hydrogens is 406 g/mol. The second-order valence-electron chi connectivity index (χ2n) is 8.07. The van der Waals surface area contributed by atoms with E-state index in [-0.39, 0.29) is 22.9 Å². The van der Waals surface area contributed by atoms with Crippen LogP contribution >= 0.6 is 0 Å². The second kappa shape index (κ2) is 9.21. The molecule has 0 atom stereocenters. The van der Waals surface area contributed by atoms with Crippen LogP contribution in [0.1, 0.15) is 39.7 Å². The van der Waals surface area contributed by atoms with Crippen LogP contribution in [0, 0.1) is 0 Å². The van der Waals surface area contributed by atoms with Crippen molar-refractivity contribution >= 4 is 11.8 Å². The van der Waals surface area contributed by atoms with E-state index in [1.165, 1.54) is 6.92 Å². The van der Waals surface area contributed by atoms with Crippen LogP contribution in [-0.4, -0.2) is 44.2 Å². The number of carbonyl (C=O) groups excluding carboxylic acids is 2. The molecule has 1 aliphatic heterocycles. The number of hydrogen-bond donors (Lipinski definition) is 1. The van der Waals surface area contributed by atoms with Gasteiger partial charge in [0.15, 0.2) is 0 Å². The van der Waals surface area contributed by atoms with E-state index in [1.807, 2.05) is 43.4 Å². The molecule has 0 unspecified atom stereocenters. The van der Waals surface area contributed by atoms with Crippen LogP contribution in [0.4, 0.5) is 0 Å². The van der Waals surface area contributed by atoms with Crippen molar-refractivity contribution in [1.29, 1.82) is 0 Å². The molecule has 2 amide bonds. The number of carbonyl (C=O) groups is 2. The van der Waals surface area contributed by atoms with Gasteiger partial charge in [-0.05, 0) is 29.2 Å². The number of aromatic nitrogens is 3. The normalized spacial score (nSPS) is 13.0. The van der Waals surface area contributed by atoms with Crippen molar-refractivity contribution < 1.29 is 9.59 Å². The van der Waals surface area contributed by atoms with Crippen LogP contribution in [0.3, 0.4) is 0 Å². The number of nitrogens with one attached hydrogen (secondary N) is 1. The molecule has 32 heavy (non-hydrogen) atoms. The van der Waals surface area contributed by atoms with Crippen LogP contribution < -0.4 is 10.9 Å². The van der Waals surface area contributed by atoms with Gasteiger partial charge in [0.05, 0.1) is 6.54 Å². The average molecular weight is 434 g/mol. The van der Waals surface area contributed by atoms with Gasteiger partial charge in [-0.3, -0.25) is 19.1 Å². The maximum Gasteiger partial charge on any atom is 0.264 e. The van der Waals surface area contributed by atoms with Crippen LogP contribution in [0.2, 0.25) is 0 Å². The first kappa shape index (κ1) is 21.5. The van der Waals surface area contributed by atoms with Crippen LogP contribution in [0.15, 0.2) is 53.6 Å². The highest BCUT2D eigenvalue weighted by molar-refractivity contribution is 5.95. The zero-order valence-corrected chi connectivity index (χ0v) is 18.4. The number of amides is 2. The topological polar surface area (TPSA) is 89.2 Å². The van der Waals surface area contributed by atoms with E-state index >= 15 is 0 Å². The van der Waals surface area contributed by atoms with Crippen molar-refractivity contribution in [3.8, 4) is 0 Å². The average Bonchev–Trinajstić information content (AvgIpc) is 3.19. The molecule has 1 aromatic carbocycles. The Balaban J connectivity index is 1.64. The van der Waals surface area contributed by atoms with E-state index in [4.69, 9.17) is 0 Å². The van der Waals surface area contributed by atoms with Gasteiger partial charge in [-0.2, -0.15) is 5.10 Å². The molecule has 8 nitrogen and oxygen atoms in total. The second-order valence-corrected chi connectivity index (χ2v) is 8.07. The van der Waals surface area contributed by atoms with Gasteiger partial charge in [0.2, 0.25) is 5.91 Å². The molecule has 1 N–H and O–H groups in total. The molecule has 2 aromatic heterocycles. The number of fused-ring (bicyclic) bond motifs is 1. The molecule has 4 rings (SSSR count). The SMILES string of the molecule is CC(=O)N1CCc2c(cn(Cc3ccccc3)c(=O)c2C(=O)NCCc2ccnn2C)C1. The van der Waals surface area contributed by atoms with Crippen molar-refractivity contribution in [2.75, 3.05) is 13.1 Å². The summed E-state index contributed by atoms with van der Waals surface area (Å²) in [6, 6.07) is 11.6. The minimum atomic E-state index is -0.368. The monoisotopic (exact) mass is 433 g/mol. The molecule has 0 bridgehead atoms. The molecule has 8 heteroatoms. The highest BCUT2D eigenvalue weighted by Gasteiger charge is 2.27. The van der Waals surface area contributed by atoms with Crippen molar-refractivity contribution in [2.24, 2.45) is 7.05 Å². The molecule has 0 saturated heterocycles. The predicted molar refractivity (Wildman–Crippen MR) is 120 cm³/mol. The molecule has 0 aliphatic carbocycles. The summed E-state index contributed by atoms with van der Waals surface area (Å²) in [5.74, 6) is -0.384. The Kier molecular flexibility index (Phi) is 6.20. The van der Waals surface area contributed by atoms with Crippen LogP contribution in [0.25, 0.3) is 0 Å². The van der Waals surface area contributed by atoms with Gasteiger partial charge in [0, 0.05) is 58.1 Å². The van der Waals surface area contributed by atoms with Crippen LogP contribution in [0.5, 0.6) is 0 Å². The maximum atomic E-state index is 13.4. The largest absolute Gasteiger partial charge is 0.351 e. The number of aryl methyl sites for hydroxylation is 1.